The maximum atomic E-state index is 9.03. The van der Waals surface area contributed by atoms with Crippen molar-refractivity contribution in [2.45, 2.75) is 6.92 Å². The van der Waals surface area contributed by atoms with E-state index in [2.05, 4.69) is 32.3 Å². The summed E-state index contributed by atoms with van der Waals surface area (Å²) >= 11 is 3.43. The lowest BCUT2D eigenvalue weighted by molar-refractivity contribution is 1.21. The lowest BCUT2D eigenvalue weighted by Crippen LogP contribution is -2.01. The van der Waals surface area contributed by atoms with Crippen LogP contribution in [0.25, 0.3) is 10.9 Å². The molecule has 0 bridgehead atoms. The fourth-order valence-electron chi connectivity index (χ4n) is 1.62. The molecule has 2 rings (SSSR count). The van der Waals surface area contributed by atoms with Gasteiger partial charge in [-0.25, -0.2) is 0 Å². The maximum Gasteiger partial charge on any atom is 0.103 e. The number of nitriles is 1. The zero-order chi connectivity index (χ0) is 11.5. The molecule has 1 N–H and O–H groups in total. The van der Waals surface area contributed by atoms with Gasteiger partial charge in [0.2, 0.25) is 0 Å². The Bertz CT molecular complexity index is 572. The van der Waals surface area contributed by atoms with Gasteiger partial charge in [0.05, 0.1) is 16.8 Å². The van der Waals surface area contributed by atoms with Gasteiger partial charge >= 0.3 is 0 Å². The predicted octanol–water partition coefficient (Wildman–Crippen LogP) is 3.30. The van der Waals surface area contributed by atoms with Crippen molar-refractivity contribution in [2.75, 3.05) is 11.9 Å². The molecule has 0 fully saturated rings. The molecule has 0 aliphatic heterocycles. The molecule has 0 unspecified atom stereocenters. The van der Waals surface area contributed by atoms with Gasteiger partial charge in [-0.1, -0.05) is 15.9 Å². The van der Waals surface area contributed by atoms with Gasteiger partial charge in [-0.15, -0.1) is 0 Å². The van der Waals surface area contributed by atoms with Crippen LogP contribution >= 0.6 is 15.9 Å². The Hall–Kier alpha value is -1.60. The van der Waals surface area contributed by atoms with E-state index in [1.165, 1.54) is 0 Å². The number of pyridine rings is 1. The zero-order valence-electron chi connectivity index (χ0n) is 8.79. The van der Waals surface area contributed by atoms with Crippen molar-refractivity contribution in [3.05, 3.63) is 34.4 Å². The molecule has 1 aromatic carbocycles. The Morgan fingerprint density at radius 2 is 2.31 bits per heavy atom. The number of benzene rings is 1. The van der Waals surface area contributed by atoms with Gasteiger partial charge in [0, 0.05) is 22.6 Å². The first-order valence-corrected chi connectivity index (χ1v) is 5.77. The van der Waals surface area contributed by atoms with Gasteiger partial charge in [-0.3, -0.25) is 4.98 Å². The number of hydrogen-bond acceptors (Lipinski definition) is 3. The van der Waals surface area contributed by atoms with Crippen molar-refractivity contribution in [2.24, 2.45) is 0 Å². The molecule has 0 spiro atoms. The van der Waals surface area contributed by atoms with Crippen LogP contribution in [-0.4, -0.2) is 11.5 Å². The van der Waals surface area contributed by atoms with Crippen molar-refractivity contribution in [3.8, 4) is 6.07 Å². The Morgan fingerprint density at radius 1 is 1.50 bits per heavy atom. The third kappa shape index (κ3) is 1.86. The topological polar surface area (TPSA) is 48.7 Å². The van der Waals surface area contributed by atoms with Crippen LogP contribution in [0.2, 0.25) is 0 Å². The second-order valence-electron chi connectivity index (χ2n) is 3.35. The quantitative estimate of drug-likeness (QED) is 0.915. The summed E-state index contributed by atoms with van der Waals surface area (Å²) < 4.78 is 0.982. The van der Waals surface area contributed by atoms with Gasteiger partial charge in [0.25, 0.3) is 0 Å². The molecule has 1 heterocycles. The van der Waals surface area contributed by atoms with Crippen LogP contribution in [0.3, 0.4) is 0 Å². The third-order valence-electron chi connectivity index (χ3n) is 2.30. The summed E-state index contributed by atoms with van der Waals surface area (Å²) in [6, 6.07) is 8.00. The van der Waals surface area contributed by atoms with Crippen molar-refractivity contribution in [1.29, 1.82) is 5.26 Å². The van der Waals surface area contributed by atoms with E-state index in [0.29, 0.717) is 5.56 Å². The number of anilines is 1. The highest BCUT2D eigenvalue weighted by molar-refractivity contribution is 9.10. The Labute approximate surface area is 102 Å². The molecule has 0 saturated carbocycles. The van der Waals surface area contributed by atoms with Crippen molar-refractivity contribution < 1.29 is 0 Å². The van der Waals surface area contributed by atoms with E-state index < -0.39 is 0 Å². The number of hydrogen-bond donors (Lipinski definition) is 1. The molecule has 0 aliphatic carbocycles. The number of nitrogens with one attached hydrogen (secondary N) is 1. The minimum Gasteiger partial charge on any atom is -0.384 e. The first-order chi connectivity index (χ1) is 7.76. The van der Waals surface area contributed by atoms with Crippen LogP contribution in [0, 0.1) is 11.3 Å². The van der Waals surface area contributed by atoms with Crippen LogP contribution in [0.5, 0.6) is 0 Å². The molecule has 4 heteroatoms. The molecule has 1 aromatic heterocycles. The van der Waals surface area contributed by atoms with Crippen molar-refractivity contribution >= 4 is 32.5 Å². The normalized spacial score (nSPS) is 10.1. The van der Waals surface area contributed by atoms with Crippen LogP contribution in [0.15, 0.2) is 28.9 Å². The molecule has 80 valence electrons. The monoisotopic (exact) mass is 275 g/mol. The Balaban J connectivity index is 2.77. The fraction of sp³-hybridized carbons (Fsp3) is 0.167. The van der Waals surface area contributed by atoms with Gasteiger partial charge in [-0.05, 0) is 25.1 Å². The van der Waals surface area contributed by atoms with Gasteiger partial charge in [-0.2, -0.15) is 5.26 Å². The highest BCUT2D eigenvalue weighted by Crippen LogP contribution is 2.27. The first-order valence-electron chi connectivity index (χ1n) is 4.98. The summed E-state index contributed by atoms with van der Waals surface area (Å²) in [5.74, 6) is 0. The summed E-state index contributed by atoms with van der Waals surface area (Å²) in [6.07, 6.45) is 1.61. The molecular formula is C12H10BrN3. The lowest BCUT2D eigenvalue weighted by Gasteiger charge is -2.09. The average Bonchev–Trinajstić information content (AvgIpc) is 2.30. The van der Waals surface area contributed by atoms with Crippen LogP contribution < -0.4 is 5.32 Å². The van der Waals surface area contributed by atoms with E-state index in [0.717, 1.165) is 27.6 Å². The molecule has 0 aliphatic rings. The third-order valence-corrected chi connectivity index (χ3v) is 2.80. The standard InChI is InChI=1S/C12H10BrN3/c1-2-15-12-8(6-14)7-16-11-4-3-9(13)5-10(11)12/h3-5,7H,2H2,1H3,(H,15,16). The second-order valence-corrected chi connectivity index (χ2v) is 4.27. The van der Waals surface area contributed by atoms with E-state index >= 15 is 0 Å². The number of nitrogens with zero attached hydrogens (tertiary/aromatic N) is 2. The minimum atomic E-state index is 0.576. The summed E-state index contributed by atoms with van der Waals surface area (Å²) in [6.45, 7) is 2.78. The first kappa shape index (κ1) is 10.9. The second kappa shape index (κ2) is 4.50. The summed E-state index contributed by atoms with van der Waals surface area (Å²) in [5.41, 5.74) is 2.32. The molecule has 3 nitrogen and oxygen atoms in total. The van der Waals surface area contributed by atoms with Crippen molar-refractivity contribution in [3.63, 3.8) is 0 Å². The van der Waals surface area contributed by atoms with E-state index in [-0.39, 0.29) is 0 Å². The number of halogens is 1. The molecule has 2 aromatic rings. The predicted molar refractivity (Wildman–Crippen MR) is 68.3 cm³/mol. The summed E-state index contributed by atoms with van der Waals surface area (Å²) in [5, 5.41) is 13.2. The summed E-state index contributed by atoms with van der Waals surface area (Å²) in [4.78, 5) is 4.25. The molecule has 0 radical (unpaired) electrons. The number of rotatable bonds is 2. The van der Waals surface area contributed by atoms with Gasteiger partial charge in [0.15, 0.2) is 0 Å². The largest absolute Gasteiger partial charge is 0.384 e. The average molecular weight is 276 g/mol. The summed E-state index contributed by atoms with van der Waals surface area (Å²) in [7, 11) is 0. The van der Waals surface area contributed by atoms with E-state index in [1.54, 1.807) is 6.20 Å². The maximum absolute atomic E-state index is 9.03. The Morgan fingerprint density at radius 3 is 3.00 bits per heavy atom. The molecule has 0 amide bonds. The SMILES string of the molecule is CCNc1c(C#N)cnc2ccc(Br)cc12. The molecule has 0 atom stereocenters. The highest BCUT2D eigenvalue weighted by atomic mass is 79.9. The van der Waals surface area contributed by atoms with Crippen LogP contribution in [0.4, 0.5) is 5.69 Å². The molecule has 0 saturated heterocycles. The highest BCUT2D eigenvalue weighted by Gasteiger charge is 2.07. The molecule has 16 heavy (non-hydrogen) atoms. The van der Waals surface area contributed by atoms with Crippen LogP contribution in [0.1, 0.15) is 12.5 Å². The lowest BCUT2D eigenvalue weighted by atomic mass is 10.1. The van der Waals surface area contributed by atoms with E-state index in [1.807, 2.05) is 25.1 Å². The number of fused-ring (bicyclic) bond motifs is 1. The van der Waals surface area contributed by atoms with E-state index in [9.17, 15) is 0 Å². The van der Waals surface area contributed by atoms with Crippen LogP contribution in [-0.2, 0) is 0 Å². The Kier molecular flexibility index (Phi) is 3.07. The fourth-order valence-corrected chi connectivity index (χ4v) is 1.98. The molecular weight excluding hydrogens is 266 g/mol. The number of aromatic nitrogens is 1. The minimum absolute atomic E-state index is 0.576. The smallest absolute Gasteiger partial charge is 0.103 e. The van der Waals surface area contributed by atoms with Gasteiger partial charge in [0.1, 0.15) is 6.07 Å². The zero-order valence-corrected chi connectivity index (χ0v) is 10.4. The van der Waals surface area contributed by atoms with Crippen molar-refractivity contribution in [1.82, 2.24) is 4.98 Å². The van der Waals surface area contributed by atoms with E-state index in [4.69, 9.17) is 5.26 Å². The van der Waals surface area contributed by atoms with Gasteiger partial charge < -0.3 is 5.32 Å².